The first kappa shape index (κ1) is 40.5. The van der Waals surface area contributed by atoms with Crippen molar-refractivity contribution in [1.82, 2.24) is 0 Å². The number of hydrogen-bond donors (Lipinski definition) is 0. The van der Waals surface area contributed by atoms with Crippen LogP contribution in [0.2, 0.25) is 0 Å². The average Bonchev–Trinajstić information content (AvgIpc) is 3.58. The summed E-state index contributed by atoms with van der Waals surface area (Å²) in [7, 11) is 0. The van der Waals surface area contributed by atoms with E-state index in [4.69, 9.17) is 18.9 Å². The van der Waals surface area contributed by atoms with Crippen LogP contribution in [-0.4, -0.2) is 38.4 Å². The van der Waals surface area contributed by atoms with E-state index in [9.17, 15) is 9.59 Å². The number of rotatable bonds is 18. The molecule has 0 saturated carbocycles. The molecule has 0 bridgehead atoms. The molecule has 0 unspecified atom stereocenters. The van der Waals surface area contributed by atoms with Gasteiger partial charge in [0, 0.05) is 23.3 Å². The third kappa shape index (κ3) is 9.08. The van der Waals surface area contributed by atoms with Gasteiger partial charge in [-0.1, -0.05) is 133 Å². The van der Waals surface area contributed by atoms with E-state index < -0.39 is 5.41 Å². The van der Waals surface area contributed by atoms with Crippen LogP contribution in [0.1, 0.15) is 61.8 Å². The summed E-state index contributed by atoms with van der Waals surface area (Å²) in [6.45, 7) is 5.26. The fourth-order valence-electron chi connectivity index (χ4n) is 7.97. The number of benzene rings is 6. The largest absolute Gasteiger partial charge is 0.493 e. The van der Waals surface area contributed by atoms with E-state index >= 15 is 0 Å². The van der Waals surface area contributed by atoms with Crippen LogP contribution in [0.15, 0.2) is 170 Å². The van der Waals surface area contributed by atoms with Crippen LogP contribution in [-0.2, 0) is 24.5 Å². The molecule has 6 heteroatoms. The highest BCUT2D eigenvalue weighted by Gasteiger charge is 2.46. The molecule has 0 radical (unpaired) electrons. The van der Waals surface area contributed by atoms with Gasteiger partial charge in [-0.15, -0.1) is 0 Å². The van der Waals surface area contributed by atoms with Gasteiger partial charge in [0.1, 0.15) is 11.5 Å². The fraction of sp³-hybridized carbons (Fsp3) is 0.208. The number of hydrogen-bond acceptors (Lipinski definition) is 6. The summed E-state index contributed by atoms with van der Waals surface area (Å²) in [6, 6.07) is 51.6. The second kappa shape index (κ2) is 19.7. The minimum atomic E-state index is -0.676. The van der Waals surface area contributed by atoms with Crippen molar-refractivity contribution in [1.29, 1.82) is 0 Å². The monoisotopic (exact) mass is 782 g/mol. The van der Waals surface area contributed by atoms with Gasteiger partial charge in [0.2, 0.25) is 0 Å². The Hall–Kier alpha value is -6.66. The Labute approximate surface area is 347 Å². The van der Waals surface area contributed by atoms with E-state index in [-0.39, 0.29) is 11.9 Å². The number of carbonyl (C=O) groups is 2. The number of unbranched alkanes of at least 4 members (excludes halogenated alkanes) is 2. The zero-order valence-electron chi connectivity index (χ0n) is 33.8. The smallest absolute Gasteiger partial charge is 0.330 e. The van der Waals surface area contributed by atoms with Crippen LogP contribution < -0.4 is 9.47 Å². The fourth-order valence-corrected chi connectivity index (χ4v) is 7.97. The lowest BCUT2D eigenvalue weighted by molar-refractivity contribution is -0.138. The Morgan fingerprint density at radius 2 is 0.847 bits per heavy atom. The molecule has 6 aromatic rings. The highest BCUT2D eigenvalue weighted by atomic mass is 16.5. The number of fused-ring (bicyclic) bond motifs is 3. The molecule has 0 aliphatic heterocycles. The molecule has 7 rings (SSSR count). The summed E-state index contributed by atoms with van der Waals surface area (Å²) in [5, 5.41) is 0. The van der Waals surface area contributed by atoms with Crippen molar-refractivity contribution in [3.05, 3.63) is 192 Å². The molecule has 298 valence electrons. The summed E-state index contributed by atoms with van der Waals surface area (Å²) in [6.07, 6.45) is 9.11. The lowest BCUT2D eigenvalue weighted by Gasteiger charge is -2.35. The van der Waals surface area contributed by atoms with Crippen molar-refractivity contribution in [2.75, 3.05) is 26.4 Å². The van der Waals surface area contributed by atoms with E-state index in [0.29, 0.717) is 39.3 Å². The zero-order valence-corrected chi connectivity index (χ0v) is 33.8. The Balaban J connectivity index is 1.30. The minimum Gasteiger partial charge on any atom is -0.493 e. The summed E-state index contributed by atoms with van der Waals surface area (Å²) >= 11 is 0. The van der Waals surface area contributed by atoms with Crippen LogP contribution in [0.5, 0.6) is 11.5 Å². The van der Waals surface area contributed by atoms with Crippen molar-refractivity contribution in [3.8, 4) is 44.9 Å². The van der Waals surface area contributed by atoms with Crippen molar-refractivity contribution in [2.24, 2.45) is 0 Å². The first-order valence-corrected chi connectivity index (χ1v) is 20.5. The second-order valence-corrected chi connectivity index (χ2v) is 14.4. The molecule has 0 saturated heterocycles. The zero-order chi connectivity index (χ0) is 40.9. The molecular weight excluding hydrogens is 733 g/mol. The molecule has 1 aliphatic rings. The third-order valence-corrected chi connectivity index (χ3v) is 10.6. The third-order valence-electron chi connectivity index (χ3n) is 10.6. The van der Waals surface area contributed by atoms with Gasteiger partial charge in [0.25, 0.3) is 0 Å². The van der Waals surface area contributed by atoms with Gasteiger partial charge >= 0.3 is 11.9 Å². The Bertz CT molecular complexity index is 2240. The van der Waals surface area contributed by atoms with Crippen LogP contribution in [0.4, 0.5) is 0 Å². The summed E-state index contributed by atoms with van der Waals surface area (Å²) in [5.41, 5.74) is 10.5. The van der Waals surface area contributed by atoms with Gasteiger partial charge in [-0.2, -0.15) is 0 Å². The average molecular weight is 783 g/mol. The maximum Gasteiger partial charge on any atom is 0.330 e. The van der Waals surface area contributed by atoms with E-state index in [0.717, 1.165) is 57.7 Å². The lowest BCUT2D eigenvalue weighted by atomic mass is 9.67. The molecule has 0 spiro atoms. The Morgan fingerprint density at radius 1 is 0.458 bits per heavy atom. The summed E-state index contributed by atoms with van der Waals surface area (Å²) < 4.78 is 23.6. The van der Waals surface area contributed by atoms with E-state index in [1.165, 1.54) is 34.4 Å². The van der Waals surface area contributed by atoms with Crippen molar-refractivity contribution < 1.29 is 28.5 Å². The maximum atomic E-state index is 11.8. The highest BCUT2D eigenvalue weighted by Crippen LogP contribution is 2.57. The van der Waals surface area contributed by atoms with Crippen molar-refractivity contribution >= 4 is 11.9 Å². The quantitative estimate of drug-likeness (QED) is 0.0490. The minimum absolute atomic E-state index is 0.325. The molecular formula is C53H50O6. The molecule has 59 heavy (non-hydrogen) atoms. The van der Waals surface area contributed by atoms with Gasteiger partial charge in [-0.3, -0.25) is 0 Å². The number of esters is 2. The van der Waals surface area contributed by atoms with E-state index in [1.54, 1.807) is 26.0 Å². The molecule has 0 N–H and O–H groups in total. The highest BCUT2D eigenvalue weighted by molar-refractivity contribution is 5.88. The topological polar surface area (TPSA) is 71.1 Å². The SMILES string of the molecule is CC=CC(=O)OCCCCOc1ccc(C2(c3ccc(OCCCCOC(=O)C=CC)c(-c4ccccc4)c3)c3ccccc3-c3ccccc32)cc1-c1ccccc1. The van der Waals surface area contributed by atoms with Gasteiger partial charge < -0.3 is 18.9 Å². The Morgan fingerprint density at radius 3 is 1.27 bits per heavy atom. The maximum absolute atomic E-state index is 11.8. The first-order chi connectivity index (χ1) is 29.0. The standard InChI is InChI=1S/C53H50O6/c1-3-19-51(54)58-35-17-15-33-56-49-31-29-41(37-45(49)39-21-7-5-8-22-39)53(47-27-13-11-25-43(47)44-26-12-14-28-48(44)53)42-30-32-50(46(38-42)40-23-9-6-10-24-40)57-34-16-18-36-59-52(55)20-4-2/h3-14,19-32,37-38H,15-18,33-36H2,1-2H3. The molecule has 1 aliphatic carbocycles. The van der Waals surface area contributed by atoms with Crippen LogP contribution >= 0.6 is 0 Å². The van der Waals surface area contributed by atoms with Crippen molar-refractivity contribution in [3.63, 3.8) is 0 Å². The normalized spacial score (nSPS) is 12.6. The number of ether oxygens (including phenoxy) is 4. The molecule has 0 fully saturated rings. The predicted octanol–water partition coefficient (Wildman–Crippen LogP) is 11.9. The van der Waals surface area contributed by atoms with Gasteiger partial charge in [-0.05, 0) is 108 Å². The van der Waals surface area contributed by atoms with Gasteiger partial charge in [0.05, 0.1) is 31.8 Å². The lowest BCUT2D eigenvalue weighted by Crippen LogP contribution is -2.29. The Kier molecular flexibility index (Phi) is 13.5. The van der Waals surface area contributed by atoms with Crippen LogP contribution in [0.25, 0.3) is 33.4 Å². The molecule has 0 amide bonds. The predicted molar refractivity (Wildman–Crippen MR) is 236 cm³/mol. The number of carbonyl (C=O) groups excluding carboxylic acids is 2. The van der Waals surface area contributed by atoms with E-state index in [2.05, 4.69) is 133 Å². The van der Waals surface area contributed by atoms with Crippen molar-refractivity contribution in [2.45, 2.75) is 44.9 Å². The van der Waals surface area contributed by atoms with Crippen LogP contribution in [0, 0.1) is 0 Å². The molecule has 0 aromatic heterocycles. The van der Waals surface area contributed by atoms with Gasteiger partial charge in [-0.25, -0.2) is 9.59 Å². The summed E-state index contributed by atoms with van der Waals surface area (Å²) in [5.74, 6) is 0.945. The first-order valence-electron chi connectivity index (χ1n) is 20.5. The molecule has 0 atom stereocenters. The van der Waals surface area contributed by atoms with Gasteiger partial charge in [0.15, 0.2) is 0 Å². The molecule has 6 aromatic carbocycles. The second-order valence-electron chi connectivity index (χ2n) is 14.4. The number of allylic oxidation sites excluding steroid dienone is 2. The molecule has 6 nitrogen and oxygen atoms in total. The molecule has 0 heterocycles. The van der Waals surface area contributed by atoms with E-state index in [1.807, 2.05) is 12.1 Å². The van der Waals surface area contributed by atoms with Crippen LogP contribution in [0.3, 0.4) is 0 Å². The summed E-state index contributed by atoms with van der Waals surface area (Å²) in [4.78, 5) is 23.6.